The van der Waals surface area contributed by atoms with Crippen molar-refractivity contribution in [2.75, 3.05) is 19.6 Å². The van der Waals surface area contributed by atoms with Gasteiger partial charge in [-0.05, 0) is 24.6 Å². The summed E-state index contributed by atoms with van der Waals surface area (Å²) >= 11 is 0. The van der Waals surface area contributed by atoms with Crippen LogP contribution in [0.15, 0.2) is 44.4 Å². The SMILES string of the molecule is Cc1nc(-c2cc3c4nc(c(=O)[nH]c4c2)-c2cccc4c(=O)n([nH]c24)CCN2CC[C@@H](C2)O3)no1. The number of benzene rings is 2. The molecule has 11 nitrogen and oxygen atoms in total. The van der Waals surface area contributed by atoms with Crippen molar-refractivity contribution in [3.8, 4) is 28.4 Å². The summed E-state index contributed by atoms with van der Waals surface area (Å²) in [5, 5.41) is 7.76. The number of H-pyrrole nitrogens is 2. The summed E-state index contributed by atoms with van der Waals surface area (Å²) in [6, 6.07) is 8.94. The molecule has 2 aromatic carbocycles. The van der Waals surface area contributed by atoms with Crippen LogP contribution in [0.2, 0.25) is 0 Å². The molecule has 0 saturated carbocycles. The second kappa shape index (κ2) is 7.37. The molecule has 1 saturated heterocycles. The van der Waals surface area contributed by atoms with Gasteiger partial charge in [-0.2, -0.15) is 4.98 Å². The average molecular weight is 471 g/mol. The first-order valence-corrected chi connectivity index (χ1v) is 11.5. The number of aromatic nitrogens is 6. The lowest BCUT2D eigenvalue weighted by Gasteiger charge is -2.18. The first-order valence-electron chi connectivity index (χ1n) is 11.5. The lowest BCUT2D eigenvalue weighted by Crippen LogP contribution is -2.30. The van der Waals surface area contributed by atoms with E-state index in [0.29, 0.717) is 63.6 Å². The van der Waals surface area contributed by atoms with E-state index in [1.165, 1.54) is 0 Å². The van der Waals surface area contributed by atoms with Crippen LogP contribution in [-0.4, -0.2) is 60.5 Å². The third-order valence-corrected chi connectivity index (χ3v) is 6.75. The van der Waals surface area contributed by atoms with Gasteiger partial charge in [0.1, 0.15) is 23.1 Å². The maximum atomic E-state index is 13.2. The molecule has 0 aliphatic carbocycles. The van der Waals surface area contributed by atoms with E-state index in [4.69, 9.17) is 14.2 Å². The van der Waals surface area contributed by atoms with E-state index in [2.05, 4.69) is 25.1 Å². The zero-order valence-corrected chi connectivity index (χ0v) is 18.9. The first kappa shape index (κ1) is 20.2. The van der Waals surface area contributed by atoms with E-state index in [0.717, 1.165) is 19.5 Å². The number of nitrogens with zero attached hydrogens (tertiary/aromatic N) is 5. The Hall–Kier alpha value is -4.25. The number of aryl methyl sites for hydroxylation is 1. The molecule has 2 N–H and O–H groups in total. The van der Waals surface area contributed by atoms with Crippen LogP contribution in [0.3, 0.4) is 0 Å². The fraction of sp³-hybridized carbons (Fsp3) is 0.292. The molecule has 1 fully saturated rings. The minimum absolute atomic E-state index is 0.0561. The third-order valence-electron chi connectivity index (χ3n) is 6.75. The normalized spacial score (nSPS) is 19.5. The Morgan fingerprint density at radius 1 is 1.11 bits per heavy atom. The zero-order chi connectivity index (χ0) is 23.7. The number of hydrogen-bond donors (Lipinski definition) is 2. The van der Waals surface area contributed by atoms with Crippen LogP contribution in [0, 0.1) is 6.92 Å². The van der Waals surface area contributed by atoms with Gasteiger partial charge in [-0.15, -0.1) is 0 Å². The Bertz CT molecular complexity index is 1740. The van der Waals surface area contributed by atoms with Crippen molar-refractivity contribution < 1.29 is 9.26 Å². The summed E-state index contributed by atoms with van der Waals surface area (Å²) in [6.07, 6.45) is 0.784. The molecule has 6 bridgehead atoms. The van der Waals surface area contributed by atoms with E-state index in [9.17, 15) is 9.59 Å². The lowest BCUT2D eigenvalue weighted by molar-refractivity contribution is 0.199. The molecule has 11 heteroatoms. The minimum Gasteiger partial charge on any atom is -0.487 e. The molecule has 5 aromatic rings. The largest absolute Gasteiger partial charge is 0.487 e. The van der Waals surface area contributed by atoms with Crippen molar-refractivity contribution in [1.82, 2.24) is 34.8 Å². The van der Waals surface area contributed by atoms with Gasteiger partial charge in [-0.25, -0.2) is 4.98 Å². The van der Waals surface area contributed by atoms with Gasteiger partial charge >= 0.3 is 0 Å². The van der Waals surface area contributed by atoms with Gasteiger partial charge in [-0.3, -0.25) is 24.3 Å². The molecule has 2 aliphatic rings. The van der Waals surface area contributed by atoms with Crippen LogP contribution in [-0.2, 0) is 6.54 Å². The van der Waals surface area contributed by atoms with Crippen molar-refractivity contribution in [2.24, 2.45) is 0 Å². The second-order valence-corrected chi connectivity index (χ2v) is 9.05. The zero-order valence-electron chi connectivity index (χ0n) is 18.9. The number of nitrogens with one attached hydrogen (secondary N) is 2. The van der Waals surface area contributed by atoms with Gasteiger partial charge in [0, 0.05) is 37.7 Å². The standard InChI is InChI=1S/C24H21N7O4/c1-12-25-22(29-35-12)13-9-17-21-18(10-13)34-14-5-6-30(11-14)7-8-31-24(33)16-4-2-3-15(19(16)28-31)20(27-21)23(32)26-17/h2-4,9-10,14,28H,5-8,11H2,1H3,(H,26,32)/t14-/m0/s1. The monoisotopic (exact) mass is 471 g/mol. The predicted molar refractivity (Wildman–Crippen MR) is 127 cm³/mol. The van der Waals surface area contributed by atoms with Gasteiger partial charge in [0.15, 0.2) is 0 Å². The summed E-state index contributed by atoms with van der Waals surface area (Å²) in [6.45, 7) is 4.54. The number of ether oxygens (including phenoxy) is 1. The van der Waals surface area contributed by atoms with E-state index in [-0.39, 0.29) is 22.9 Å². The van der Waals surface area contributed by atoms with Gasteiger partial charge in [0.05, 0.1) is 23.0 Å². The lowest BCUT2D eigenvalue weighted by atomic mass is 10.1. The molecule has 3 aromatic heterocycles. The smallest absolute Gasteiger partial charge is 0.275 e. The van der Waals surface area contributed by atoms with Crippen molar-refractivity contribution in [3.63, 3.8) is 0 Å². The molecule has 2 atom stereocenters. The summed E-state index contributed by atoms with van der Waals surface area (Å²) in [4.78, 5) is 40.6. The van der Waals surface area contributed by atoms with Crippen molar-refractivity contribution in [3.05, 3.63) is 56.9 Å². The number of para-hydroxylation sites is 1. The molecular weight excluding hydrogens is 450 g/mol. The molecule has 2 aliphatic heterocycles. The van der Waals surface area contributed by atoms with Crippen LogP contribution in [0.5, 0.6) is 5.75 Å². The Labute approximate surface area is 197 Å². The highest BCUT2D eigenvalue weighted by Crippen LogP contribution is 2.33. The molecular formula is C24H21N7O4. The van der Waals surface area contributed by atoms with Crippen LogP contribution < -0.4 is 15.9 Å². The highest BCUT2D eigenvalue weighted by atomic mass is 16.5. The predicted octanol–water partition coefficient (Wildman–Crippen LogP) is 2.06. The van der Waals surface area contributed by atoms with Gasteiger partial charge in [0.25, 0.3) is 11.1 Å². The molecule has 5 heterocycles. The number of rotatable bonds is 1. The third kappa shape index (κ3) is 3.19. The van der Waals surface area contributed by atoms with E-state index >= 15 is 0 Å². The molecule has 0 spiro atoms. The summed E-state index contributed by atoms with van der Waals surface area (Å²) in [7, 11) is 0. The quantitative estimate of drug-likeness (QED) is 0.379. The second-order valence-electron chi connectivity index (χ2n) is 9.05. The number of hydrogen-bond acceptors (Lipinski definition) is 8. The highest BCUT2D eigenvalue weighted by molar-refractivity contribution is 5.94. The molecule has 0 radical (unpaired) electrons. The van der Waals surface area contributed by atoms with Gasteiger partial charge in [-0.1, -0.05) is 17.3 Å². The summed E-state index contributed by atoms with van der Waals surface area (Å²) in [5.41, 5.74) is 2.58. The maximum Gasteiger partial charge on any atom is 0.275 e. The molecule has 1 unspecified atom stereocenters. The van der Waals surface area contributed by atoms with Crippen molar-refractivity contribution in [1.29, 1.82) is 0 Å². The molecule has 0 amide bonds. The number of fused-ring (bicyclic) bond motifs is 5. The van der Waals surface area contributed by atoms with Crippen molar-refractivity contribution >= 4 is 21.9 Å². The Morgan fingerprint density at radius 2 is 2.03 bits per heavy atom. The van der Waals surface area contributed by atoms with E-state index in [1.807, 2.05) is 6.07 Å². The Balaban J connectivity index is 1.52. The van der Waals surface area contributed by atoms with E-state index < -0.39 is 0 Å². The summed E-state index contributed by atoms with van der Waals surface area (Å²) < 4.78 is 13.2. The van der Waals surface area contributed by atoms with E-state index in [1.54, 1.807) is 35.9 Å². The number of aromatic amines is 2. The summed E-state index contributed by atoms with van der Waals surface area (Å²) in [5.74, 6) is 1.39. The maximum absolute atomic E-state index is 13.2. The van der Waals surface area contributed by atoms with Crippen LogP contribution in [0.25, 0.3) is 44.6 Å². The Morgan fingerprint density at radius 3 is 2.89 bits per heavy atom. The fourth-order valence-corrected chi connectivity index (χ4v) is 5.03. The minimum atomic E-state index is -0.370. The molecule has 35 heavy (non-hydrogen) atoms. The average Bonchev–Trinajstić information content (AvgIpc) is 3.56. The van der Waals surface area contributed by atoms with Crippen molar-refractivity contribution in [2.45, 2.75) is 26.0 Å². The van der Waals surface area contributed by atoms with Gasteiger partial charge < -0.3 is 14.2 Å². The first-order chi connectivity index (χ1) is 17.0. The van der Waals surface area contributed by atoms with Crippen LogP contribution in [0.4, 0.5) is 0 Å². The Kier molecular flexibility index (Phi) is 4.25. The highest BCUT2D eigenvalue weighted by Gasteiger charge is 2.27. The van der Waals surface area contributed by atoms with Gasteiger partial charge in [0.2, 0.25) is 11.7 Å². The van der Waals surface area contributed by atoms with Crippen LogP contribution >= 0.6 is 0 Å². The fourth-order valence-electron chi connectivity index (χ4n) is 5.03. The molecule has 176 valence electrons. The van der Waals surface area contributed by atoms with Crippen LogP contribution in [0.1, 0.15) is 12.3 Å². The molecule has 7 rings (SSSR count). The topological polar surface area (TPSA) is 135 Å².